The van der Waals surface area contributed by atoms with Crippen LogP contribution in [0.15, 0.2) is 18.2 Å². The van der Waals surface area contributed by atoms with E-state index in [4.69, 9.17) is 10.00 Å². The minimum absolute atomic E-state index is 0.0263. The molecule has 0 radical (unpaired) electrons. The number of ether oxygens (including phenoxy) is 1. The lowest BCUT2D eigenvalue weighted by atomic mass is 9.54. The number of aliphatic hydroxyl groups excluding tert-OH is 1. The van der Waals surface area contributed by atoms with E-state index in [1.54, 1.807) is 12.1 Å². The Bertz CT molecular complexity index is 583. The number of aliphatic hydroxyl groups is 1. The van der Waals surface area contributed by atoms with Gasteiger partial charge in [0, 0.05) is 24.1 Å². The molecule has 2 N–H and O–H groups in total. The summed E-state index contributed by atoms with van der Waals surface area (Å²) < 4.78 is 19.6. The molecule has 0 bridgehead atoms. The molecule has 0 unspecified atom stereocenters. The molecular formula is C17H23FN2O2. The molecule has 0 amide bonds. The van der Waals surface area contributed by atoms with Crippen molar-refractivity contribution in [3.63, 3.8) is 0 Å². The van der Waals surface area contributed by atoms with E-state index in [9.17, 15) is 9.50 Å². The van der Waals surface area contributed by atoms with Crippen molar-refractivity contribution in [3.8, 4) is 6.07 Å². The zero-order chi connectivity index (χ0) is 16.4. The van der Waals surface area contributed by atoms with Crippen LogP contribution in [-0.2, 0) is 11.3 Å². The van der Waals surface area contributed by atoms with Gasteiger partial charge in [-0.1, -0.05) is 19.9 Å². The maximum absolute atomic E-state index is 13.9. The van der Waals surface area contributed by atoms with Crippen molar-refractivity contribution in [2.75, 3.05) is 13.2 Å². The fourth-order valence-electron chi connectivity index (χ4n) is 3.13. The first kappa shape index (κ1) is 16.9. The normalized spacial score (nSPS) is 26.3. The van der Waals surface area contributed by atoms with Crippen molar-refractivity contribution in [1.82, 2.24) is 5.32 Å². The molecule has 0 heterocycles. The molecule has 0 spiro atoms. The average molecular weight is 306 g/mol. The van der Waals surface area contributed by atoms with E-state index in [-0.39, 0.29) is 18.1 Å². The van der Waals surface area contributed by atoms with Crippen LogP contribution >= 0.6 is 0 Å². The maximum atomic E-state index is 13.9. The lowest BCUT2D eigenvalue weighted by molar-refractivity contribution is -0.177. The van der Waals surface area contributed by atoms with Crippen LogP contribution in [0.5, 0.6) is 0 Å². The van der Waals surface area contributed by atoms with Gasteiger partial charge in [-0.05, 0) is 25.5 Å². The molecule has 0 aliphatic heterocycles. The second-order valence-corrected chi connectivity index (χ2v) is 6.38. The molecule has 1 aromatic rings. The minimum atomic E-state index is -0.479. The van der Waals surface area contributed by atoms with E-state index in [1.165, 1.54) is 6.07 Å². The zero-order valence-electron chi connectivity index (χ0n) is 13.3. The summed E-state index contributed by atoms with van der Waals surface area (Å²) in [7, 11) is 0. The van der Waals surface area contributed by atoms with Crippen LogP contribution in [0.25, 0.3) is 0 Å². The first-order valence-corrected chi connectivity index (χ1v) is 7.56. The van der Waals surface area contributed by atoms with E-state index < -0.39 is 11.4 Å². The van der Waals surface area contributed by atoms with Crippen molar-refractivity contribution in [3.05, 3.63) is 35.1 Å². The maximum Gasteiger partial charge on any atom is 0.129 e. The molecular weight excluding hydrogens is 283 g/mol. The summed E-state index contributed by atoms with van der Waals surface area (Å²) in [5.41, 5.74) is 0.0783. The van der Waals surface area contributed by atoms with E-state index in [1.807, 2.05) is 13.0 Å². The van der Waals surface area contributed by atoms with Crippen molar-refractivity contribution in [2.45, 2.75) is 45.4 Å². The second kappa shape index (κ2) is 6.33. The Labute approximate surface area is 130 Å². The van der Waals surface area contributed by atoms with E-state index >= 15 is 0 Å². The molecule has 120 valence electrons. The predicted octanol–water partition coefficient (Wildman–Crippen LogP) is 2.35. The van der Waals surface area contributed by atoms with Gasteiger partial charge in [0.25, 0.3) is 0 Å². The number of nitrogens with one attached hydrogen (secondary N) is 1. The first-order chi connectivity index (χ1) is 10.4. The van der Waals surface area contributed by atoms with Crippen molar-refractivity contribution in [1.29, 1.82) is 5.26 Å². The van der Waals surface area contributed by atoms with Crippen molar-refractivity contribution in [2.24, 2.45) is 5.41 Å². The van der Waals surface area contributed by atoms with Crippen LogP contribution in [0.3, 0.4) is 0 Å². The highest BCUT2D eigenvalue weighted by molar-refractivity contribution is 5.33. The molecule has 1 aliphatic rings. The third-order valence-electron chi connectivity index (χ3n) is 5.01. The average Bonchev–Trinajstić information content (AvgIpc) is 2.51. The number of hydrogen-bond donors (Lipinski definition) is 2. The monoisotopic (exact) mass is 306 g/mol. The van der Waals surface area contributed by atoms with Crippen LogP contribution in [-0.4, -0.2) is 30.0 Å². The SMILES string of the molecule is CCO[C@H]1C[C@@](CO)(NCc2ccc(C#N)cc2F)C1(C)C. The van der Waals surface area contributed by atoms with Crippen molar-refractivity contribution < 1.29 is 14.2 Å². The van der Waals surface area contributed by atoms with Gasteiger partial charge in [-0.3, -0.25) is 0 Å². The molecule has 2 atom stereocenters. The molecule has 0 saturated heterocycles. The molecule has 4 nitrogen and oxygen atoms in total. The Morgan fingerprint density at radius 2 is 2.23 bits per heavy atom. The van der Waals surface area contributed by atoms with Crippen LogP contribution in [0, 0.1) is 22.6 Å². The summed E-state index contributed by atoms with van der Waals surface area (Å²) in [5, 5.41) is 21.9. The summed E-state index contributed by atoms with van der Waals surface area (Å²) in [4.78, 5) is 0. The number of nitriles is 1. The molecule has 1 fully saturated rings. The smallest absolute Gasteiger partial charge is 0.129 e. The molecule has 22 heavy (non-hydrogen) atoms. The van der Waals surface area contributed by atoms with E-state index in [0.717, 1.165) is 0 Å². The Hall–Kier alpha value is -1.48. The van der Waals surface area contributed by atoms with Gasteiger partial charge >= 0.3 is 0 Å². The lowest BCUT2D eigenvalue weighted by Gasteiger charge is -2.60. The number of nitrogens with zero attached hydrogens (tertiary/aromatic N) is 1. The fourth-order valence-corrected chi connectivity index (χ4v) is 3.13. The van der Waals surface area contributed by atoms with Gasteiger partial charge in [-0.15, -0.1) is 0 Å². The second-order valence-electron chi connectivity index (χ2n) is 6.38. The molecule has 5 heteroatoms. The van der Waals surface area contributed by atoms with Gasteiger partial charge in [-0.25, -0.2) is 4.39 Å². The molecule has 1 aliphatic carbocycles. The fraction of sp³-hybridized carbons (Fsp3) is 0.588. The summed E-state index contributed by atoms with van der Waals surface area (Å²) in [6, 6.07) is 6.36. The summed E-state index contributed by atoms with van der Waals surface area (Å²) in [6.45, 7) is 6.97. The lowest BCUT2D eigenvalue weighted by Crippen LogP contribution is -2.73. The summed E-state index contributed by atoms with van der Waals surface area (Å²) in [6.07, 6.45) is 0.783. The Balaban J connectivity index is 2.08. The molecule has 1 aromatic carbocycles. The van der Waals surface area contributed by atoms with Crippen LogP contribution in [0.2, 0.25) is 0 Å². The van der Waals surface area contributed by atoms with Gasteiger partial charge in [-0.2, -0.15) is 5.26 Å². The number of hydrogen-bond acceptors (Lipinski definition) is 4. The highest BCUT2D eigenvalue weighted by atomic mass is 19.1. The molecule has 2 rings (SSSR count). The number of rotatable bonds is 6. The van der Waals surface area contributed by atoms with Gasteiger partial charge in [0.2, 0.25) is 0 Å². The number of benzene rings is 1. The zero-order valence-corrected chi connectivity index (χ0v) is 13.3. The molecule has 1 saturated carbocycles. The van der Waals surface area contributed by atoms with Gasteiger partial charge in [0.05, 0.1) is 29.9 Å². The number of halogens is 1. The van der Waals surface area contributed by atoms with E-state index in [2.05, 4.69) is 19.2 Å². The quantitative estimate of drug-likeness (QED) is 0.847. The minimum Gasteiger partial charge on any atom is -0.394 e. The van der Waals surface area contributed by atoms with Crippen LogP contribution in [0.4, 0.5) is 4.39 Å². The summed E-state index contributed by atoms with van der Waals surface area (Å²) >= 11 is 0. The van der Waals surface area contributed by atoms with Gasteiger partial charge < -0.3 is 15.2 Å². The van der Waals surface area contributed by atoms with E-state index in [0.29, 0.717) is 30.7 Å². The topological polar surface area (TPSA) is 65.3 Å². The van der Waals surface area contributed by atoms with Gasteiger partial charge in [0.15, 0.2) is 0 Å². The predicted molar refractivity (Wildman–Crippen MR) is 81.6 cm³/mol. The van der Waals surface area contributed by atoms with Crippen molar-refractivity contribution >= 4 is 0 Å². The Morgan fingerprint density at radius 1 is 1.50 bits per heavy atom. The standard InChI is InChI=1S/C17H23FN2O2/c1-4-22-15-8-17(11-21,16(15,2)3)20-10-13-6-5-12(9-19)7-14(13)18/h5-7,15,20-21H,4,8,10-11H2,1-3H3/t15-,17-/m0/s1. The van der Waals surface area contributed by atoms with Crippen LogP contribution < -0.4 is 5.32 Å². The Morgan fingerprint density at radius 3 is 2.73 bits per heavy atom. The summed E-state index contributed by atoms with van der Waals surface area (Å²) in [5.74, 6) is -0.405. The third-order valence-corrected chi connectivity index (χ3v) is 5.01. The van der Waals surface area contributed by atoms with Gasteiger partial charge in [0.1, 0.15) is 5.82 Å². The largest absolute Gasteiger partial charge is 0.394 e. The van der Waals surface area contributed by atoms with Crippen LogP contribution in [0.1, 0.15) is 38.3 Å². The third kappa shape index (κ3) is 2.74. The highest BCUT2D eigenvalue weighted by Crippen LogP contribution is 2.51. The molecule has 0 aromatic heterocycles. The highest BCUT2D eigenvalue weighted by Gasteiger charge is 2.60. The first-order valence-electron chi connectivity index (χ1n) is 7.56. The Kier molecular flexibility index (Phi) is 4.86.